The van der Waals surface area contributed by atoms with E-state index in [0.717, 1.165) is 25.7 Å². The highest BCUT2D eigenvalue weighted by atomic mass is 16.2. The van der Waals surface area contributed by atoms with Gasteiger partial charge in [-0.1, -0.05) is 6.08 Å². The lowest BCUT2D eigenvalue weighted by atomic mass is 9.91. The van der Waals surface area contributed by atoms with Gasteiger partial charge in [0, 0.05) is 25.2 Å². The summed E-state index contributed by atoms with van der Waals surface area (Å²) in [5, 5.41) is 0. The lowest BCUT2D eigenvalue weighted by molar-refractivity contribution is -0.128. The van der Waals surface area contributed by atoms with E-state index >= 15 is 0 Å². The van der Waals surface area contributed by atoms with Gasteiger partial charge < -0.3 is 10.6 Å². The molecule has 0 atom stereocenters. The zero-order chi connectivity index (χ0) is 10.6. The van der Waals surface area contributed by atoms with Crippen LogP contribution < -0.4 is 5.73 Å². The minimum atomic E-state index is 0.128. The van der Waals surface area contributed by atoms with E-state index in [4.69, 9.17) is 5.73 Å². The molecule has 0 aromatic carbocycles. The van der Waals surface area contributed by atoms with Crippen molar-refractivity contribution in [2.24, 2.45) is 5.73 Å². The maximum atomic E-state index is 11.4. The zero-order valence-corrected chi connectivity index (χ0v) is 9.07. The number of nitrogens with two attached hydrogens (primary N) is 1. The van der Waals surface area contributed by atoms with E-state index in [9.17, 15) is 4.79 Å². The van der Waals surface area contributed by atoms with Gasteiger partial charge in [0.15, 0.2) is 0 Å². The number of carbonyl (C=O) groups excluding carboxylic acids is 1. The van der Waals surface area contributed by atoms with Crippen molar-refractivity contribution in [3.63, 3.8) is 0 Å². The Hall–Kier alpha value is -0.830. The highest BCUT2D eigenvalue weighted by Crippen LogP contribution is 2.22. The minimum absolute atomic E-state index is 0.128. The van der Waals surface area contributed by atoms with Crippen molar-refractivity contribution in [1.82, 2.24) is 4.90 Å². The van der Waals surface area contributed by atoms with Gasteiger partial charge in [-0.05, 0) is 32.6 Å². The molecule has 3 heteroatoms. The van der Waals surface area contributed by atoms with Crippen molar-refractivity contribution >= 4 is 5.91 Å². The van der Waals surface area contributed by atoms with E-state index in [2.05, 4.69) is 0 Å². The van der Waals surface area contributed by atoms with Crippen LogP contribution >= 0.6 is 0 Å². The molecule has 14 heavy (non-hydrogen) atoms. The Balaban J connectivity index is 2.56. The third kappa shape index (κ3) is 2.84. The number of hydrogen-bond acceptors (Lipinski definition) is 2. The number of allylic oxidation sites excluding steroid dienone is 1. The lowest BCUT2D eigenvalue weighted by Gasteiger charge is -2.33. The van der Waals surface area contributed by atoms with Gasteiger partial charge >= 0.3 is 0 Å². The van der Waals surface area contributed by atoms with Crippen LogP contribution in [0.5, 0.6) is 0 Å². The topological polar surface area (TPSA) is 46.3 Å². The van der Waals surface area contributed by atoms with Gasteiger partial charge in [0.05, 0.1) is 0 Å². The highest BCUT2D eigenvalue weighted by molar-refractivity contribution is 5.74. The van der Waals surface area contributed by atoms with E-state index in [1.54, 1.807) is 6.92 Å². The molecule has 0 aromatic rings. The third-order valence-electron chi connectivity index (χ3n) is 2.81. The van der Waals surface area contributed by atoms with Gasteiger partial charge in [-0.15, -0.1) is 0 Å². The smallest absolute Gasteiger partial charge is 0.223 e. The molecule has 0 spiro atoms. The molecule has 0 unspecified atom stereocenters. The summed E-state index contributed by atoms with van der Waals surface area (Å²) in [5.41, 5.74) is 5.83. The number of nitrogens with zero attached hydrogens (tertiary/aromatic N) is 1. The maximum absolute atomic E-state index is 11.4. The number of rotatable bonds is 2. The molecular formula is C11H20N2O. The second-order valence-electron chi connectivity index (χ2n) is 3.98. The summed E-state index contributed by atoms with van der Waals surface area (Å²) in [6, 6.07) is 0.703. The lowest BCUT2D eigenvalue weighted by Crippen LogP contribution is -2.40. The Morgan fingerprint density at radius 1 is 1.36 bits per heavy atom. The third-order valence-corrected chi connectivity index (χ3v) is 2.81. The molecular weight excluding hydrogens is 176 g/mol. The first kappa shape index (κ1) is 11.2. The Kier molecular flexibility index (Phi) is 4.14. The normalized spacial score (nSPS) is 27.9. The predicted octanol–water partition coefficient (Wildman–Crippen LogP) is 1.64. The maximum Gasteiger partial charge on any atom is 0.223 e. The molecule has 80 valence electrons. The van der Waals surface area contributed by atoms with E-state index < -0.39 is 0 Å². The molecule has 1 saturated carbocycles. The average Bonchev–Trinajstić information content (AvgIpc) is 2.15. The highest BCUT2D eigenvalue weighted by Gasteiger charge is 2.24. The first-order valence-electron chi connectivity index (χ1n) is 5.32. The zero-order valence-electron chi connectivity index (χ0n) is 9.07. The SMILES string of the molecule is C/C=C/N(C(C)=O)C1CCC(N)CC1. The molecule has 0 saturated heterocycles. The first-order valence-corrected chi connectivity index (χ1v) is 5.32. The summed E-state index contributed by atoms with van der Waals surface area (Å²) in [7, 11) is 0. The van der Waals surface area contributed by atoms with E-state index in [0.29, 0.717) is 12.1 Å². The van der Waals surface area contributed by atoms with Crippen LogP contribution in [0, 0.1) is 0 Å². The van der Waals surface area contributed by atoms with Crippen LogP contribution in [0.2, 0.25) is 0 Å². The monoisotopic (exact) mass is 196 g/mol. The van der Waals surface area contributed by atoms with Gasteiger partial charge in [0.1, 0.15) is 0 Å². The van der Waals surface area contributed by atoms with Crippen molar-refractivity contribution in [3.8, 4) is 0 Å². The fourth-order valence-electron chi connectivity index (χ4n) is 2.02. The van der Waals surface area contributed by atoms with Gasteiger partial charge in [-0.3, -0.25) is 4.79 Å². The van der Waals surface area contributed by atoms with Crippen molar-refractivity contribution < 1.29 is 4.79 Å². The summed E-state index contributed by atoms with van der Waals surface area (Å²) in [6.45, 7) is 3.55. The van der Waals surface area contributed by atoms with E-state index in [-0.39, 0.29) is 5.91 Å². The Bertz CT molecular complexity index is 217. The molecule has 0 aliphatic heterocycles. The van der Waals surface area contributed by atoms with Gasteiger partial charge in [-0.2, -0.15) is 0 Å². The Labute approximate surface area is 86.0 Å². The molecule has 1 rings (SSSR count). The molecule has 1 aliphatic rings. The molecule has 1 amide bonds. The summed E-state index contributed by atoms with van der Waals surface area (Å²) >= 11 is 0. The molecule has 0 bridgehead atoms. The summed E-state index contributed by atoms with van der Waals surface area (Å²) in [4.78, 5) is 13.2. The fraction of sp³-hybridized carbons (Fsp3) is 0.727. The van der Waals surface area contributed by atoms with Crippen LogP contribution in [-0.2, 0) is 4.79 Å². The van der Waals surface area contributed by atoms with Crippen LogP contribution in [-0.4, -0.2) is 22.9 Å². The summed E-state index contributed by atoms with van der Waals surface area (Å²) < 4.78 is 0. The summed E-state index contributed by atoms with van der Waals surface area (Å²) in [6.07, 6.45) is 7.92. The van der Waals surface area contributed by atoms with Crippen LogP contribution in [0.15, 0.2) is 12.3 Å². The van der Waals surface area contributed by atoms with Crippen LogP contribution in [0.4, 0.5) is 0 Å². The standard InChI is InChI=1S/C11H20N2O/c1-3-8-13(9(2)14)11-6-4-10(12)5-7-11/h3,8,10-11H,4-7,12H2,1-2H3/b8-3+. The minimum Gasteiger partial charge on any atom is -0.328 e. The number of amides is 1. The number of carbonyl (C=O) groups is 1. The quantitative estimate of drug-likeness (QED) is 0.729. The fourth-order valence-corrected chi connectivity index (χ4v) is 2.02. The molecule has 2 N–H and O–H groups in total. The van der Waals surface area contributed by atoms with Crippen LogP contribution in [0.1, 0.15) is 39.5 Å². The second-order valence-corrected chi connectivity index (χ2v) is 3.98. The predicted molar refractivity (Wildman–Crippen MR) is 57.6 cm³/mol. The second kappa shape index (κ2) is 5.15. The van der Waals surface area contributed by atoms with Crippen LogP contribution in [0.3, 0.4) is 0 Å². The largest absolute Gasteiger partial charge is 0.328 e. The molecule has 3 nitrogen and oxygen atoms in total. The Morgan fingerprint density at radius 2 is 1.93 bits per heavy atom. The van der Waals surface area contributed by atoms with E-state index in [1.807, 2.05) is 24.1 Å². The van der Waals surface area contributed by atoms with Crippen molar-refractivity contribution in [2.75, 3.05) is 0 Å². The van der Waals surface area contributed by atoms with Gasteiger partial charge in [-0.25, -0.2) is 0 Å². The first-order chi connectivity index (χ1) is 6.65. The molecule has 0 heterocycles. The van der Waals surface area contributed by atoms with Gasteiger partial charge in [0.25, 0.3) is 0 Å². The van der Waals surface area contributed by atoms with Gasteiger partial charge in [0.2, 0.25) is 5.91 Å². The van der Waals surface area contributed by atoms with Crippen LogP contribution in [0.25, 0.3) is 0 Å². The number of hydrogen-bond donors (Lipinski definition) is 1. The average molecular weight is 196 g/mol. The van der Waals surface area contributed by atoms with Crippen molar-refractivity contribution in [3.05, 3.63) is 12.3 Å². The van der Waals surface area contributed by atoms with E-state index in [1.165, 1.54) is 0 Å². The molecule has 1 aliphatic carbocycles. The van der Waals surface area contributed by atoms with Crippen molar-refractivity contribution in [2.45, 2.75) is 51.6 Å². The Morgan fingerprint density at radius 3 is 2.36 bits per heavy atom. The molecule has 1 fully saturated rings. The van der Waals surface area contributed by atoms with Crippen molar-refractivity contribution in [1.29, 1.82) is 0 Å². The molecule has 0 aromatic heterocycles. The summed E-state index contributed by atoms with van der Waals surface area (Å²) in [5.74, 6) is 0.128. The molecule has 0 radical (unpaired) electrons.